The molecule has 2 aromatic carbocycles. The predicted molar refractivity (Wildman–Crippen MR) is 104 cm³/mol. The molecule has 1 heterocycles. The molecule has 0 aliphatic carbocycles. The molecule has 28 heavy (non-hydrogen) atoms. The Morgan fingerprint density at radius 3 is 2.61 bits per heavy atom. The fourth-order valence-electron chi connectivity index (χ4n) is 2.96. The summed E-state index contributed by atoms with van der Waals surface area (Å²) in [4.78, 5) is 29.9. The van der Waals surface area contributed by atoms with Crippen LogP contribution in [0.15, 0.2) is 59.4 Å². The zero-order valence-corrected chi connectivity index (χ0v) is 15.4. The fraction of sp³-hybridized carbons (Fsp3) is 0.190. The normalized spacial score (nSPS) is 10.7. The highest BCUT2D eigenvalue weighted by Crippen LogP contribution is 2.19. The summed E-state index contributed by atoms with van der Waals surface area (Å²) in [7, 11) is 0. The maximum atomic E-state index is 13.7. The van der Waals surface area contributed by atoms with Crippen LogP contribution >= 0.6 is 0 Å². The maximum Gasteiger partial charge on any atom is 0.257 e. The highest BCUT2D eigenvalue weighted by Gasteiger charge is 2.18. The Kier molecular flexibility index (Phi) is 5.96. The molecule has 0 saturated heterocycles. The Morgan fingerprint density at radius 1 is 1.18 bits per heavy atom. The second kappa shape index (κ2) is 8.58. The SMILES string of the molecule is Cc1nc(-c2cccc(F)c2)n(CC(=O)Nc2ccccc2)c(=O)c1CCO. The molecule has 0 unspecified atom stereocenters. The molecule has 0 radical (unpaired) electrons. The van der Waals surface area contributed by atoms with Gasteiger partial charge in [0, 0.05) is 35.5 Å². The molecule has 0 bridgehead atoms. The summed E-state index contributed by atoms with van der Waals surface area (Å²) < 4.78 is 14.9. The number of anilines is 1. The molecule has 2 N–H and O–H groups in total. The van der Waals surface area contributed by atoms with Crippen molar-refractivity contribution >= 4 is 11.6 Å². The van der Waals surface area contributed by atoms with E-state index in [4.69, 9.17) is 0 Å². The van der Waals surface area contributed by atoms with Gasteiger partial charge in [0.05, 0.1) is 0 Å². The average Bonchev–Trinajstić information content (AvgIpc) is 2.68. The number of para-hydroxylation sites is 1. The number of carbonyl (C=O) groups excluding carboxylic acids is 1. The standard InChI is InChI=1S/C21H20FN3O3/c1-14-18(10-11-26)21(28)25(13-19(27)24-17-8-3-2-4-9-17)20(23-14)15-6-5-7-16(22)12-15/h2-9,12,26H,10-11,13H2,1H3,(H,24,27). The minimum Gasteiger partial charge on any atom is -0.396 e. The number of amides is 1. The average molecular weight is 381 g/mol. The van der Waals surface area contributed by atoms with Gasteiger partial charge in [-0.15, -0.1) is 0 Å². The maximum absolute atomic E-state index is 13.7. The second-order valence-electron chi connectivity index (χ2n) is 6.29. The third kappa shape index (κ3) is 4.32. The van der Waals surface area contributed by atoms with E-state index in [2.05, 4.69) is 10.3 Å². The third-order valence-electron chi connectivity index (χ3n) is 4.27. The van der Waals surface area contributed by atoms with E-state index in [9.17, 15) is 19.1 Å². The molecule has 6 nitrogen and oxygen atoms in total. The first-order valence-corrected chi connectivity index (χ1v) is 8.81. The molecular weight excluding hydrogens is 361 g/mol. The molecule has 0 aliphatic rings. The Labute approximate surface area is 161 Å². The number of nitrogens with zero attached hydrogens (tertiary/aromatic N) is 2. The quantitative estimate of drug-likeness (QED) is 0.687. The number of aryl methyl sites for hydroxylation is 1. The van der Waals surface area contributed by atoms with Gasteiger partial charge in [0.2, 0.25) is 5.91 Å². The van der Waals surface area contributed by atoms with Crippen molar-refractivity contribution in [3.63, 3.8) is 0 Å². The van der Waals surface area contributed by atoms with Crippen molar-refractivity contribution in [1.29, 1.82) is 0 Å². The molecule has 0 saturated carbocycles. The molecule has 1 amide bonds. The lowest BCUT2D eigenvalue weighted by Crippen LogP contribution is -2.33. The molecule has 0 fully saturated rings. The van der Waals surface area contributed by atoms with Gasteiger partial charge < -0.3 is 10.4 Å². The lowest BCUT2D eigenvalue weighted by molar-refractivity contribution is -0.116. The Morgan fingerprint density at radius 2 is 1.93 bits per heavy atom. The Bertz CT molecular complexity index is 1050. The summed E-state index contributed by atoms with van der Waals surface area (Å²) in [6, 6.07) is 14.6. The van der Waals surface area contributed by atoms with E-state index in [1.54, 1.807) is 37.3 Å². The molecular formula is C21H20FN3O3. The predicted octanol–water partition coefficient (Wildman–Crippen LogP) is 2.53. The Hall–Kier alpha value is -3.32. The van der Waals surface area contributed by atoms with Crippen molar-refractivity contribution in [2.24, 2.45) is 0 Å². The number of hydrogen-bond donors (Lipinski definition) is 2. The number of halogens is 1. The molecule has 0 atom stereocenters. The van der Waals surface area contributed by atoms with Crippen molar-refractivity contribution in [2.45, 2.75) is 19.9 Å². The topological polar surface area (TPSA) is 84.2 Å². The van der Waals surface area contributed by atoms with Gasteiger partial charge in [0.15, 0.2) is 0 Å². The van der Waals surface area contributed by atoms with Gasteiger partial charge in [-0.3, -0.25) is 14.2 Å². The first-order valence-electron chi connectivity index (χ1n) is 8.81. The third-order valence-corrected chi connectivity index (χ3v) is 4.27. The summed E-state index contributed by atoms with van der Waals surface area (Å²) in [6.07, 6.45) is 0.126. The van der Waals surface area contributed by atoms with Crippen LogP contribution in [0.5, 0.6) is 0 Å². The number of aliphatic hydroxyl groups is 1. The lowest BCUT2D eigenvalue weighted by Gasteiger charge is -2.16. The second-order valence-corrected chi connectivity index (χ2v) is 6.29. The smallest absolute Gasteiger partial charge is 0.257 e. The minimum atomic E-state index is -0.468. The van der Waals surface area contributed by atoms with Crippen molar-refractivity contribution in [2.75, 3.05) is 11.9 Å². The first-order chi connectivity index (χ1) is 13.5. The van der Waals surface area contributed by atoms with Crippen LogP contribution in [-0.2, 0) is 17.8 Å². The van der Waals surface area contributed by atoms with Crippen LogP contribution < -0.4 is 10.9 Å². The van der Waals surface area contributed by atoms with Gasteiger partial charge in [-0.2, -0.15) is 0 Å². The minimum absolute atomic E-state index is 0.126. The fourth-order valence-corrected chi connectivity index (χ4v) is 2.96. The van der Waals surface area contributed by atoms with Crippen LogP contribution in [0.3, 0.4) is 0 Å². The number of rotatable bonds is 6. The number of hydrogen-bond acceptors (Lipinski definition) is 4. The number of carbonyl (C=O) groups is 1. The first kappa shape index (κ1) is 19.4. The van der Waals surface area contributed by atoms with Gasteiger partial charge in [-0.05, 0) is 31.2 Å². The van der Waals surface area contributed by atoms with E-state index in [1.807, 2.05) is 6.07 Å². The molecule has 1 aromatic heterocycles. The van der Waals surface area contributed by atoms with E-state index in [1.165, 1.54) is 22.8 Å². The van der Waals surface area contributed by atoms with Crippen molar-refractivity contribution in [1.82, 2.24) is 9.55 Å². The number of benzene rings is 2. The molecule has 0 aliphatic heterocycles. The van der Waals surface area contributed by atoms with Gasteiger partial charge >= 0.3 is 0 Å². The van der Waals surface area contributed by atoms with Crippen LogP contribution in [0.2, 0.25) is 0 Å². The highest BCUT2D eigenvalue weighted by atomic mass is 19.1. The van der Waals surface area contributed by atoms with Crippen LogP contribution in [-0.4, -0.2) is 27.2 Å². The largest absolute Gasteiger partial charge is 0.396 e. The molecule has 3 rings (SSSR count). The summed E-state index contributed by atoms with van der Waals surface area (Å²) in [5, 5.41) is 12.0. The highest BCUT2D eigenvalue weighted by molar-refractivity contribution is 5.90. The zero-order chi connectivity index (χ0) is 20.1. The van der Waals surface area contributed by atoms with Crippen LogP contribution in [0.1, 0.15) is 11.3 Å². The molecule has 144 valence electrons. The van der Waals surface area contributed by atoms with Gasteiger partial charge in [0.1, 0.15) is 18.2 Å². The summed E-state index contributed by atoms with van der Waals surface area (Å²) in [6.45, 7) is 1.15. The van der Waals surface area contributed by atoms with E-state index in [0.29, 0.717) is 22.5 Å². The van der Waals surface area contributed by atoms with E-state index in [0.717, 1.165) is 0 Å². The lowest BCUT2D eigenvalue weighted by atomic mass is 10.1. The monoisotopic (exact) mass is 381 g/mol. The van der Waals surface area contributed by atoms with E-state index >= 15 is 0 Å². The summed E-state index contributed by atoms with van der Waals surface area (Å²) in [5.41, 5.74) is 1.34. The van der Waals surface area contributed by atoms with Crippen LogP contribution in [0, 0.1) is 12.7 Å². The van der Waals surface area contributed by atoms with Crippen molar-refractivity contribution in [3.05, 3.63) is 82.0 Å². The van der Waals surface area contributed by atoms with Gasteiger partial charge in [0.25, 0.3) is 5.56 Å². The summed E-state index contributed by atoms with van der Waals surface area (Å²) >= 11 is 0. The van der Waals surface area contributed by atoms with Crippen LogP contribution in [0.25, 0.3) is 11.4 Å². The number of nitrogens with one attached hydrogen (secondary N) is 1. The molecule has 3 aromatic rings. The number of aliphatic hydroxyl groups excluding tert-OH is 1. The van der Waals surface area contributed by atoms with Crippen LogP contribution in [0.4, 0.5) is 10.1 Å². The Balaban J connectivity index is 2.04. The summed E-state index contributed by atoms with van der Waals surface area (Å²) in [5.74, 6) is -0.678. The molecule has 0 spiro atoms. The van der Waals surface area contributed by atoms with E-state index in [-0.39, 0.29) is 25.4 Å². The van der Waals surface area contributed by atoms with Crippen molar-refractivity contribution in [3.8, 4) is 11.4 Å². The molecule has 7 heteroatoms. The zero-order valence-electron chi connectivity index (χ0n) is 15.4. The van der Waals surface area contributed by atoms with Crippen molar-refractivity contribution < 1.29 is 14.3 Å². The van der Waals surface area contributed by atoms with Gasteiger partial charge in [-0.1, -0.05) is 30.3 Å². The van der Waals surface area contributed by atoms with Gasteiger partial charge in [-0.25, -0.2) is 9.37 Å². The number of aromatic nitrogens is 2. The van der Waals surface area contributed by atoms with E-state index < -0.39 is 17.3 Å².